The first kappa shape index (κ1) is 17.2. The fourth-order valence-electron chi connectivity index (χ4n) is 2.87. The molecule has 3 aromatic rings. The summed E-state index contributed by atoms with van der Waals surface area (Å²) in [6.45, 7) is 3.14. The number of rotatable bonds is 4. The SMILES string of the molecule is Cc1cccc(-c2nnc(SCc3cc(Cl)c4c(c3)OCCO4)n2C)c1. The average Bonchev–Trinajstić information content (AvgIpc) is 3.01. The van der Waals surface area contributed by atoms with E-state index in [1.54, 1.807) is 11.8 Å². The van der Waals surface area contributed by atoms with Crippen LogP contribution in [0.1, 0.15) is 11.1 Å². The molecular weight excluding hydrogens is 370 g/mol. The van der Waals surface area contributed by atoms with E-state index < -0.39 is 0 Å². The summed E-state index contributed by atoms with van der Waals surface area (Å²) < 4.78 is 13.2. The minimum Gasteiger partial charge on any atom is -0.486 e. The van der Waals surface area contributed by atoms with Gasteiger partial charge in [-0.2, -0.15) is 0 Å². The predicted molar refractivity (Wildman–Crippen MR) is 103 cm³/mol. The normalized spacial score (nSPS) is 13.0. The zero-order valence-electron chi connectivity index (χ0n) is 14.5. The van der Waals surface area contributed by atoms with Crippen molar-refractivity contribution >= 4 is 23.4 Å². The lowest BCUT2D eigenvalue weighted by molar-refractivity contribution is 0.171. The van der Waals surface area contributed by atoms with Gasteiger partial charge in [0.1, 0.15) is 13.2 Å². The molecule has 0 N–H and O–H groups in total. The number of aryl methyl sites for hydroxylation is 1. The molecule has 0 amide bonds. The molecule has 0 radical (unpaired) electrons. The van der Waals surface area contributed by atoms with E-state index in [2.05, 4.69) is 29.3 Å². The molecule has 4 rings (SSSR count). The molecule has 5 nitrogen and oxygen atoms in total. The van der Waals surface area contributed by atoms with Crippen molar-refractivity contribution in [1.29, 1.82) is 0 Å². The van der Waals surface area contributed by atoms with E-state index in [1.807, 2.05) is 35.9 Å². The molecule has 0 unspecified atom stereocenters. The summed E-state index contributed by atoms with van der Waals surface area (Å²) in [6.07, 6.45) is 0. The lowest BCUT2D eigenvalue weighted by Crippen LogP contribution is -2.15. The lowest BCUT2D eigenvalue weighted by Gasteiger charge is -2.20. The van der Waals surface area contributed by atoms with E-state index >= 15 is 0 Å². The molecule has 1 aliphatic rings. The summed E-state index contributed by atoms with van der Waals surface area (Å²) in [5, 5.41) is 10.1. The summed E-state index contributed by atoms with van der Waals surface area (Å²) >= 11 is 7.93. The molecule has 0 spiro atoms. The topological polar surface area (TPSA) is 49.2 Å². The second kappa shape index (κ2) is 7.21. The Morgan fingerprint density at radius 2 is 2.00 bits per heavy atom. The van der Waals surface area contributed by atoms with E-state index in [9.17, 15) is 0 Å². The van der Waals surface area contributed by atoms with Gasteiger partial charge >= 0.3 is 0 Å². The number of aromatic nitrogens is 3. The third-order valence-corrected chi connectivity index (χ3v) is 5.51. The minimum atomic E-state index is 0.529. The first-order valence-corrected chi connectivity index (χ1v) is 9.65. The maximum absolute atomic E-state index is 6.31. The second-order valence-electron chi connectivity index (χ2n) is 6.13. The zero-order valence-corrected chi connectivity index (χ0v) is 16.1. The van der Waals surface area contributed by atoms with Crippen LogP contribution in [0.15, 0.2) is 41.6 Å². The fourth-order valence-corrected chi connectivity index (χ4v) is 4.00. The molecule has 0 bridgehead atoms. The first-order chi connectivity index (χ1) is 12.6. The third kappa shape index (κ3) is 3.39. The zero-order chi connectivity index (χ0) is 18.1. The van der Waals surface area contributed by atoms with E-state index in [1.165, 1.54) is 5.56 Å². The Labute approximate surface area is 161 Å². The van der Waals surface area contributed by atoms with Crippen LogP contribution in [0.5, 0.6) is 11.5 Å². The number of hydrogen-bond acceptors (Lipinski definition) is 5. The number of halogens is 1. The molecule has 0 saturated heterocycles. The van der Waals surface area contributed by atoms with Gasteiger partial charge in [-0.25, -0.2) is 0 Å². The molecular formula is C19H18ClN3O2S. The molecule has 1 aromatic heterocycles. The van der Waals surface area contributed by atoms with Crippen LogP contribution in [-0.4, -0.2) is 28.0 Å². The maximum atomic E-state index is 6.31. The Hall–Kier alpha value is -2.18. The Balaban J connectivity index is 1.53. The maximum Gasteiger partial charge on any atom is 0.191 e. The van der Waals surface area contributed by atoms with Gasteiger partial charge in [-0.3, -0.25) is 0 Å². The fraction of sp³-hybridized carbons (Fsp3) is 0.263. The van der Waals surface area contributed by atoms with E-state index in [0.717, 1.165) is 27.9 Å². The quantitative estimate of drug-likeness (QED) is 0.616. The minimum absolute atomic E-state index is 0.529. The molecule has 2 aromatic carbocycles. The summed E-state index contributed by atoms with van der Waals surface area (Å²) in [6, 6.07) is 12.2. The summed E-state index contributed by atoms with van der Waals surface area (Å²) in [5.74, 6) is 2.91. The molecule has 2 heterocycles. The molecule has 0 atom stereocenters. The Bertz CT molecular complexity index is 958. The lowest BCUT2D eigenvalue weighted by atomic mass is 10.1. The van der Waals surface area contributed by atoms with Gasteiger partial charge in [-0.05, 0) is 30.7 Å². The molecule has 134 valence electrons. The number of thioether (sulfide) groups is 1. The molecule has 7 heteroatoms. The van der Waals surface area contributed by atoms with Crippen LogP contribution in [0, 0.1) is 6.92 Å². The van der Waals surface area contributed by atoms with Crippen molar-refractivity contribution in [2.75, 3.05) is 13.2 Å². The summed E-state index contributed by atoms with van der Waals surface area (Å²) in [5.41, 5.74) is 3.32. The van der Waals surface area contributed by atoms with Gasteiger partial charge in [-0.15, -0.1) is 10.2 Å². The largest absolute Gasteiger partial charge is 0.486 e. The highest BCUT2D eigenvalue weighted by molar-refractivity contribution is 7.98. The Morgan fingerprint density at radius 3 is 2.85 bits per heavy atom. The highest BCUT2D eigenvalue weighted by atomic mass is 35.5. The van der Waals surface area contributed by atoms with Gasteiger partial charge in [0.05, 0.1) is 5.02 Å². The summed E-state index contributed by atoms with van der Waals surface area (Å²) in [7, 11) is 1.98. The van der Waals surface area contributed by atoms with Crippen LogP contribution >= 0.6 is 23.4 Å². The van der Waals surface area contributed by atoms with Crippen LogP contribution in [0.3, 0.4) is 0 Å². The van der Waals surface area contributed by atoms with Crippen molar-refractivity contribution in [3.63, 3.8) is 0 Å². The van der Waals surface area contributed by atoms with Crippen LogP contribution in [-0.2, 0) is 12.8 Å². The molecule has 26 heavy (non-hydrogen) atoms. The standard InChI is InChI=1S/C19H18ClN3O2S/c1-12-4-3-5-14(8-12)18-21-22-19(23(18)2)26-11-13-9-15(20)17-16(10-13)24-6-7-25-17/h3-5,8-10H,6-7,11H2,1-2H3. The summed E-state index contributed by atoms with van der Waals surface area (Å²) in [4.78, 5) is 0. The van der Waals surface area contributed by atoms with Crippen molar-refractivity contribution < 1.29 is 9.47 Å². The van der Waals surface area contributed by atoms with Gasteiger partial charge in [0.25, 0.3) is 0 Å². The van der Waals surface area contributed by atoms with Crippen molar-refractivity contribution in [2.24, 2.45) is 7.05 Å². The number of fused-ring (bicyclic) bond motifs is 1. The highest BCUT2D eigenvalue weighted by Crippen LogP contribution is 2.39. The van der Waals surface area contributed by atoms with Crippen molar-refractivity contribution in [3.8, 4) is 22.9 Å². The highest BCUT2D eigenvalue weighted by Gasteiger charge is 2.17. The number of hydrogen-bond donors (Lipinski definition) is 0. The third-order valence-electron chi connectivity index (χ3n) is 4.14. The van der Waals surface area contributed by atoms with E-state index in [-0.39, 0.29) is 0 Å². The monoisotopic (exact) mass is 387 g/mol. The van der Waals surface area contributed by atoms with Gasteiger partial charge in [-0.1, -0.05) is 47.1 Å². The molecule has 1 aliphatic heterocycles. The second-order valence-corrected chi connectivity index (χ2v) is 7.47. The Kier molecular flexibility index (Phi) is 4.78. The van der Waals surface area contributed by atoms with Gasteiger partial charge in [0.15, 0.2) is 22.5 Å². The smallest absolute Gasteiger partial charge is 0.191 e. The predicted octanol–water partition coefficient (Wildman–Crippen LogP) is 4.51. The van der Waals surface area contributed by atoms with Gasteiger partial charge in [0.2, 0.25) is 0 Å². The van der Waals surface area contributed by atoms with Crippen LogP contribution < -0.4 is 9.47 Å². The Morgan fingerprint density at radius 1 is 1.15 bits per heavy atom. The van der Waals surface area contributed by atoms with E-state index in [0.29, 0.717) is 29.7 Å². The first-order valence-electron chi connectivity index (χ1n) is 8.29. The number of benzene rings is 2. The molecule has 0 fully saturated rings. The van der Waals surface area contributed by atoms with Crippen LogP contribution in [0.4, 0.5) is 0 Å². The van der Waals surface area contributed by atoms with Crippen molar-refractivity contribution in [2.45, 2.75) is 17.8 Å². The number of nitrogens with zero attached hydrogens (tertiary/aromatic N) is 3. The van der Waals surface area contributed by atoms with Gasteiger partial charge < -0.3 is 14.0 Å². The van der Waals surface area contributed by atoms with Gasteiger partial charge in [0, 0.05) is 18.4 Å². The number of ether oxygens (including phenoxy) is 2. The van der Waals surface area contributed by atoms with Crippen molar-refractivity contribution in [1.82, 2.24) is 14.8 Å². The van der Waals surface area contributed by atoms with E-state index in [4.69, 9.17) is 21.1 Å². The van der Waals surface area contributed by atoms with Crippen LogP contribution in [0.25, 0.3) is 11.4 Å². The molecule has 0 saturated carbocycles. The van der Waals surface area contributed by atoms with Crippen LogP contribution in [0.2, 0.25) is 5.02 Å². The average molecular weight is 388 g/mol. The van der Waals surface area contributed by atoms with Crippen molar-refractivity contribution in [3.05, 3.63) is 52.5 Å². The molecule has 0 aliphatic carbocycles.